The SMILES string of the molecule is CS(=O)C1(CNC(=O)Nc2cc(-c3ccccc3)ns2)CCC1. The van der Waals surface area contributed by atoms with Gasteiger partial charge in [0.25, 0.3) is 0 Å². The number of aromatic nitrogens is 1. The van der Waals surface area contributed by atoms with E-state index < -0.39 is 10.8 Å². The molecule has 0 bridgehead atoms. The van der Waals surface area contributed by atoms with E-state index in [1.165, 1.54) is 11.5 Å². The van der Waals surface area contributed by atoms with E-state index in [9.17, 15) is 9.00 Å². The van der Waals surface area contributed by atoms with Gasteiger partial charge in [-0.25, -0.2) is 4.79 Å². The maximum absolute atomic E-state index is 12.0. The molecule has 1 unspecified atom stereocenters. The Morgan fingerprint density at radius 3 is 2.70 bits per heavy atom. The van der Waals surface area contributed by atoms with Gasteiger partial charge < -0.3 is 5.32 Å². The summed E-state index contributed by atoms with van der Waals surface area (Å²) in [5.41, 5.74) is 1.86. The maximum atomic E-state index is 12.0. The van der Waals surface area contributed by atoms with E-state index in [2.05, 4.69) is 15.0 Å². The summed E-state index contributed by atoms with van der Waals surface area (Å²) in [5, 5.41) is 6.33. The highest BCUT2D eigenvalue weighted by Crippen LogP contribution is 2.36. The Morgan fingerprint density at radius 2 is 2.09 bits per heavy atom. The topological polar surface area (TPSA) is 71.1 Å². The molecule has 7 heteroatoms. The van der Waals surface area contributed by atoms with Gasteiger partial charge in [-0.05, 0) is 24.4 Å². The largest absolute Gasteiger partial charge is 0.336 e. The van der Waals surface area contributed by atoms with E-state index in [0.717, 1.165) is 30.5 Å². The molecule has 0 saturated heterocycles. The van der Waals surface area contributed by atoms with Crippen LogP contribution < -0.4 is 10.6 Å². The van der Waals surface area contributed by atoms with Gasteiger partial charge in [-0.15, -0.1) is 0 Å². The van der Waals surface area contributed by atoms with Crippen molar-refractivity contribution in [2.24, 2.45) is 0 Å². The highest BCUT2D eigenvalue weighted by atomic mass is 32.2. The van der Waals surface area contributed by atoms with Crippen LogP contribution in [0.15, 0.2) is 36.4 Å². The Bertz CT molecular complexity index is 711. The van der Waals surface area contributed by atoms with Crippen molar-refractivity contribution in [2.45, 2.75) is 24.0 Å². The molecule has 23 heavy (non-hydrogen) atoms. The number of urea groups is 1. The molecule has 0 aliphatic heterocycles. The number of carbonyl (C=O) groups is 1. The van der Waals surface area contributed by atoms with Gasteiger partial charge in [0.2, 0.25) is 0 Å². The predicted molar refractivity (Wildman–Crippen MR) is 95.2 cm³/mol. The van der Waals surface area contributed by atoms with Gasteiger partial charge in [0.15, 0.2) is 0 Å². The van der Waals surface area contributed by atoms with E-state index in [1.54, 1.807) is 6.26 Å². The molecule has 1 aromatic heterocycles. The van der Waals surface area contributed by atoms with Crippen molar-refractivity contribution in [1.29, 1.82) is 0 Å². The van der Waals surface area contributed by atoms with Gasteiger partial charge in [-0.1, -0.05) is 36.8 Å². The van der Waals surface area contributed by atoms with Crippen molar-refractivity contribution in [3.05, 3.63) is 36.4 Å². The lowest BCUT2D eigenvalue weighted by Gasteiger charge is -2.39. The number of nitrogens with zero attached hydrogens (tertiary/aromatic N) is 1. The van der Waals surface area contributed by atoms with Crippen LogP contribution in [-0.2, 0) is 10.8 Å². The third-order valence-electron chi connectivity index (χ3n) is 4.26. The molecule has 0 radical (unpaired) electrons. The summed E-state index contributed by atoms with van der Waals surface area (Å²) in [6.07, 6.45) is 4.62. The average Bonchev–Trinajstić information content (AvgIpc) is 2.95. The highest BCUT2D eigenvalue weighted by molar-refractivity contribution is 7.85. The standard InChI is InChI=1S/C16H19N3O2S2/c1-23(21)16(8-5-9-16)11-17-15(20)18-14-10-13(19-22-14)12-6-3-2-4-7-12/h2-4,6-7,10H,5,8-9,11H2,1H3,(H2,17,18,20). The molecule has 0 spiro atoms. The third kappa shape index (κ3) is 3.61. The van der Waals surface area contributed by atoms with Gasteiger partial charge in [0.1, 0.15) is 5.00 Å². The summed E-state index contributed by atoms with van der Waals surface area (Å²) in [6.45, 7) is 0.451. The molecular formula is C16H19N3O2S2. The fraction of sp³-hybridized carbons (Fsp3) is 0.375. The van der Waals surface area contributed by atoms with Crippen LogP contribution in [-0.4, -0.2) is 32.2 Å². The number of nitrogens with one attached hydrogen (secondary N) is 2. The smallest absolute Gasteiger partial charge is 0.319 e. The van der Waals surface area contributed by atoms with Crippen LogP contribution in [0.2, 0.25) is 0 Å². The number of amides is 2. The first-order valence-electron chi connectivity index (χ1n) is 7.50. The molecule has 1 heterocycles. The summed E-state index contributed by atoms with van der Waals surface area (Å²) >= 11 is 1.25. The molecule has 1 fully saturated rings. The van der Waals surface area contributed by atoms with Crippen LogP contribution in [0.5, 0.6) is 0 Å². The first-order chi connectivity index (χ1) is 11.1. The summed E-state index contributed by atoms with van der Waals surface area (Å²) in [7, 11) is -0.918. The summed E-state index contributed by atoms with van der Waals surface area (Å²) in [5.74, 6) is 0. The molecule has 2 amide bonds. The predicted octanol–water partition coefficient (Wildman–Crippen LogP) is 3.23. The number of hydrogen-bond donors (Lipinski definition) is 2. The Kier molecular flexibility index (Phi) is 4.77. The maximum Gasteiger partial charge on any atom is 0.319 e. The normalized spacial score (nSPS) is 17.1. The van der Waals surface area contributed by atoms with Gasteiger partial charge >= 0.3 is 6.03 Å². The molecule has 3 rings (SSSR count). The van der Waals surface area contributed by atoms with Crippen LogP contribution in [0.25, 0.3) is 11.3 Å². The Balaban J connectivity index is 1.56. The molecule has 2 N–H and O–H groups in total. The Hall–Kier alpha value is -1.73. The molecule has 5 nitrogen and oxygen atoms in total. The van der Waals surface area contributed by atoms with Gasteiger partial charge in [-0.3, -0.25) is 9.53 Å². The lowest BCUT2D eigenvalue weighted by atomic mass is 9.84. The second-order valence-electron chi connectivity index (χ2n) is 5.74. The summed E-state index contributed by atoms with van der Waals surface area (Å²) in [6, 6.07) is 11.4. The summed E-state index contributed by atoms with van der Waals surface area (Å²) in [4.78, 5) is 12.0. The number of anilines is 1. The zero-order chi connectivity index (χ0) is 16.3. The minimum atomic E-state index is -0.918. The monoisotopic (exact) mass is 349 g/mol. The zero-order valence-corrected chi connectivity index (χ0v) is 14.5. The third-order valence-corrected chi connectivity index (χ3v) is 6.74. The highest BCUT2D eigenvalue weighted by Gasteiger charge is 2.41. The molecule has 1 saturated carbocycles. The minimum absolute atomic E-state index is 0.236. The van der Waals surface area contributed by atoms with Crippen molar-refractivity contribution < 1.29 is 9.00 Å². The van der Waals surface area contributed by atoms with Crippen LogP contribution in [0.1, 0.15) is 19.3 Å². The lowest BCUT2D eigenvalue weighted by Crippen LogP contribution is -2.51. The lowest BCUT2D eigenvalue weighted by molar-refractivity contribution is 0.247. The second-order valence-corrected chi connectivity index (χ2v) is 8.32. The first kappa shape index (κ1) is 16.1. The number of rotatable bonds is 5. The number of benzene rings is 1. The quantitative estimate of drug-likeness (QED) is 0.870. The van der Waals surface area contributed by atoms with Crippen LogP contribution in [0.4, 0.5) is 9.80 Å². The Labute approximate surface area is 142 Å². The average molecular weight is 349 g/mol. The van der Waals surface area contributed by atoms with Crippen molar-refractivity contribution in [3.63, 3.8) is 0 Å². The molecular weight excluding hydrogens is 330 g/mol. The van der Waals surface area contributed by atoms with Crippen LogP contribution in [0.3, 0.4) is 0 Å². The van der Waals surface area contributed by atoms with E-state index in [0.29, 0.717) is 11.5 Å². The number of carbonyl (C=O) groups excluding carboxylic acids is 1. The number of hydrogen-bond acceptors (Lipinski definition) is 4. The van der Waals surface area contributed by atoms with E-state index in [1.807, 2.05) is 36.4 Å². The van der Waals surface area contributed by atoms with Gasteiger partial charge in [-0.2, -0.15) is 4.37 Å². The molecule has 122 valence electrons. The van der Waals surface area contributed by atoms with Crippen molar-refractivity contribution >= 4 is 33.4 Å². The molecule has 2 aromatic rings. The van der Waals surface area contributed by atoms with E-state index in [4.69, 9.17) is 0 Å². The van der Waals surface area contributed by atoms with Gasteiger partial charge in [0, 0.05) is 35.2 Å². The van der Waals surface area contributed by atoms with Crippen molar-refractivity contribution in [1.82, 2.24) is 9.69 Å². The van der Waals surface area contributed by atoms with Crippen LogP contribution in [0, 0.1) is 0 Å². The first-order valence-corrected chi connectivity index (χ1v) is 9.83. The van der Waals surface area contributed by atoms with Crippen LogP contribution >= 0.6 is 11.5 Å². The van der Waals surface area contributed by atoms with Crippen molar-refractivity contribution in [2.75, 3.05) is 18.1 Å². The zero-order valence-electron chi connectivity index (χ0n) is 12.9. The summed E-state index contributed by atoms with van der Waals surface area (Å²) < 4.78 is 15.9. The second kappa shape index (κ2) is 6.80. The van der Waals surface area contributed by atoms with Crippen molar-refractivity contribution in [3.8, 4) is 11.3 Å². The molecule has 1 aromatic carbocycles. The molecule has 1 aliphatic rings. The van der Waals surface area contributed by atoms with E-state index >= 15 is 0 Å². The van der Waals surface area contributed by atoms with E-state index in [-0.39, 0.29) is 10.8 Å². The fourth-order valence-corrected chi connectivity index (χ4v) is 4.41. The molecule has 1 aliphatic carbocycles. The van der Waals surface area contributed by atoms with Gasteiger partial charge in [0.05, 0.1) is 10.4 Å². The Morgan fingerprint density at radius 1 is 1.35 bits per heavy atom. The minimum Gasteiger partial charge on any atom is -0.336 e. The molecule has 1 atom stereocenters. The fourth-order valence-electron chi connectivity index (χ4n) is 2.61.